The van der Waals surface area contributed by atoms with Crippen LogP contribution in [0, 0.1) is 0 Å². The van der Waals surface area contributed by atoms with Crippen LogP contribution in [-0.4, -0.2) is 74.9 Å². The number of carbonyl (C=O) groups excluding carboxylic acids is 2. The van der Waals surface area contributed by atoms with Crippen molar-refractivity contribution in [3.63, 3.8) is 0 Å². The Morgan fingerprint density at radius 3 is 1.16 bits per heavy atom. The molecule has 0 radical (unpaired) electrons. The number of ether oxygens (including phenoxy) is 2. The molecular formula is C63H109NO8P+. The second-order valence-electron chi connectivity index (χ2n) is 20.3. The number of hydrogen-bond donors (Lipinski definition) is 1. The number of phosphoric acid groups is 1. The van der Waals surface area contributed by atoms with E-state index in [-0.39, 0.29) is 32.0 Å². The van der Waals surface area contributed by atoms with Gasteiger partial charge in [0.15, 0.2) is 6.10 Å². The van der Waals surface area contributed by atoms with Crippen LogP contribution in [0.2, 0.25) is 0 Å². The Morgan fingerprint density at radius 2 is 0.781 bits per heavy atom. The van der Waals surface area contributed by atoms with Gasteiger partial charge in [0.2, 0.25) is 0 Å². The first-order chi connectivity index (χ1) is 35.5. The van der Waals surface area contributed by atoms with Gasteiger partial charge in [-0.05, 0) is 96.3 Å². The summed E-state index contributed by atoms with van der Waals surface area (Å²) in [5.41, 5.74) is 0. The zero-order valence-corrected chi connectivity index (χ0v) is 48.2. The van der Waals surface area contributed by atoms with E-state index in [4.69, 9.17) is 18.5 Å². The number of likely N-dealkylation sites (N-methyl/N-ethyl adjacent to an activating group) is 1. The van der Waals surface area contributed by atoms with Crippen molar-refractivity contribution < 1.29 is 42.1 Å². The van der Waals surface area contributed by atoms with Crippen LogP contribution in [0.1, 0.15) is 226 Å². The second-order valence-corrected chi connectivity index (χ2v) is 21.7. The minimum absolute atomic E-state index is 0.0248. The highest BCUT2D eigenvalue weighted by Gasteiger charge is 2.27. The molecule has 0 heterocycles. The average molecular weight is 1040 g/mol. The number of phosphoric ester groups is 1. The molecule has 1 N–H and O–H groups in total. The fraction of sp³-hybridized carbons (Fsp3) is 0.683. The normalized spacial score (nSPS) is 14.1. The molecule has 0 saturated carbocycles. The van der Waals surface area contributed by atoms with E-state index in [1.807, 2.05) is 21.1 Å². The molecule has 0 rings (SSSR count). The monoisotopic (exact) mass is 1040 g/mol. The van der Waals surface area contributed by atoms with Crippen LogP contribution in [0.5, 0.6) is 0 Å². The third-order valence-electron chi connectivity index (χ3n) is 12.0. The second kappa shape index (κ2) is 53.5. The van der Waals surface area contributed by atoms with Crippen molar-refractivity contribution in [2.24, 2.45) is 0 Å². The molecule has 0 aromatic carbocycles. The highest BCUT2D eigenvalue weighted by molar-refractivity contribution is 7.47. The Labute approximate surface area is 448 Å². The van der Waals surface area contributed by atoms with Gasteiger partial charge in [0.25, 0.3) is 0 Å². The molecule has 0 aromatic heterocycles. The Hall–Kier alpha value is -3.33. The van der Waals surface area contributed by atoms with Gasteiger partial charge in [-0.25, -0.2) is 4.57 Å². The van der Waals surface area contributed by atoms with Crippen molar-refractivity contribution in [1.29, 1.82) is 0 Å². The molecule has 2 atom stereocenters. The number of carbonyl (C=O) groups is 2. The number of esters is 2. The lowest BCUT2D eigenvalue weighted by molar-refractivity contribution is -0.870. The summed E-state index contributed by atoms with van der Waals surface area (Å²) >= 11 is 0. The lowest BCUT2D eigenvalue weighted by atomic mass is 10.0. The summed E-state index contributed by atoms with van der Waals surface area (Å²) < 4.78 is 34.5. The molecule has 0 aliphatic heterocycles. The van der Waals surface area contributed by atoms with E-state index in [0.29, 0.717) is 17.4 Å². The van der Waals surface area contributed by atoms with Gasteiger partial charge >= 0.3 is 19.8 Å². The highest BCUT2D eigenvalue weighted by Crippen LogP contribution is 2.43. The minimum atomic E-state index is -4.39. The van der Waals surface area contributed by atoms with Crippen LogP contribution in [0.25, 0.3) is 0 Å². The van der Waals surface area contributed by atoms with Crippen LogP contribution in [0.3, 0.4) is 0 Å². The molecule has 10 heteroatoms. The van der Waals surface area contributed by atoms with E-state index >= 15 is 0 Å². The number of quaternary nitrogens is 1. The van der Waals surface area contributed by atoms with Gasteiger partial charge < -0.3 is 18.9 Å². The fourth-order valence-electron chi connectivity index (χ4n) is 7.54. The predicted molar refractivity (Wildman–Crippen MR) is 311 cm³/mol. The van der Waals surface area contributed by atoms with Gasteiger partial charge in [-0.3, -0.25) is 18.6 Å². The van der Waals surface area contributed by atoms with Crippen molar-refractivity contribution in [2.45, 2.75) is 232 Å². The number of unbranched alkanes of at least 4 members (excludes halogenated alkanes) is 20. The van der Waals surface area contributed by atoms with Gasteiger partial charge in [-0.15, -0.1) is 0 Å². The van der Waals surface area contributed by atoms with E-state index < -0.39 is 26.5 Å². The largest absolute Gasteiger partial charge is 0.472 e. The van der Waals surface area contributed by atoms with Crippen molar-refractivity contribution in [3.8, 4) is 0 Å². The SMILES string of the molecule is CC/C=C\C/C=C\C/C=C\C/C=C\C/C=C\C/C=C\C/C=C\CCCCCCCCCCCCCCCC(=O)OC(COC(=O)CCCCCCC/C=C\C/C=C\CCCC)COP(=O)(O)OCC[N+](C)(C)C. The average Bonchev–Trinajstić information content (AvgIpc) is 3.35. The maximum atomic E-state index is 12.8. The molecule has 0 bridgehead atoms. The summed E-state index contributed by atoms with van der Waals surface area (Å²) in [6.07, 6.45) is 74.5. The lowest BCUT2D eigenvalue weighted by Gasteiger charge is -2.24. The number of hydrogen-bond acceptors (Lipinski definition) is 7. The Kier molecular flexibility index (Phi) is 51.1. The summed E-state index contributed by atoms with van der Waals surface area (Å²) in [5, 5.41) is 0. The van der Waals surface area contributed by atoms with Crippen molar-refractivity contribution in [1.82, 2.24) is 0 Å². The van der Waals surface area contributed by atoms with Crippen LogP contribution in [0.4, 0.5) is 0 Å². The van der Waals surface area contributed by atoms with Gasteiger partial charge in [0, 0.05) is 12.8 Å². The standard InChI is InChI=1S/C63H108NO8P/c1-6-8-10-12-14-16-18-20-22-23-24-25-26-27-28-29-30-31-32-33-34-35-36-37-38-39-40-41-42-44-46-48-50-52-54-56-63(66)72-61(60-71-73(67,68)70-58-57-64(3,4)5)59-69-62(65)55-53-51-49-47-45-43-21-19-17-15-13-11-9-7-2/h8,10,13-16,19-22,24-25,27-28,30-31,33-34,61H,6-7,9,11-12,17-18,23,26,29,32,35-60H2,1-5H3/p+1/b10-8-,15-13-,16-14-,21-19-,22-20-,25-24-,28-27-,31-30-,34-33-. The summed E-state index contributed by atoms with van der Waals surface area (Å²) in [7, 11) is 1.46. The zero-order valence-electron chi connectivity index (χ0n) is 47.3. The molecule has 0 fully saturated rings. The van der Waals surface area contributed by atoms with Crippen LogP contribution >= 0.6 is 7.82 Å². The Morgan fingerprint density at radius 1 is 0.438 bits per heavy atom. The molecule has 0 amide bonds. The van der Waals surface area contributed by atoms with E-state index in [9.17, 15) is 19.0 Å². The van der Waals surface area contributed by atoms with Crippen molar-refractivity contribution in [2.75, 3.05) is 47.5 Å². The van der Waals surface area contributed by atoms with Gasteiger partial charge in [-0.1, -0.05) is 226 Å². The molecule has 418 valence electrons. The van der Waals surface area contributed by atoms with Crippen LogP contribution < -0.4 is 0 Å². The maximum absolute atomic E-state index is 12.8. The first-order valence-electron chi connectivity index (χ1n) is 29.1. The number of rotatable bonds is 52. The predicted octanol–water partition coefficient (Wildman–Crippen LogP) is 18.2. The van der Waals surface area contributed by atoms with Crippen molar-refractivity contribution >= 4 is 19.8 Å². The smallest absolute Gasteiger partial charge is 0.462 e. The van der Waals surface area contributed by atoms with E-state index in [1.165, 1.54) is 77.0 Å². The highest BCUT2D eigenvalue weighted by atomic mass is 31.2. The molecule has 0 aliphatic rings. The first kappa shape index (κ1) is 69.7. The summed E-state index contributed by atoms with van der Waals surface area (Å²) in [6, 6.07) is 0. The molecule has 73 heavy (non-hydrogen) atoms. The molecule has 0 aliphatic carbocycles. The lowest BCUT2D eigenvalue weighted by Crippen LogP contribution is -2.37. The third-order valence-corrected chi connectivity index (χ3v) is 13.0. The fourth-order valence-corrected chi connectivity index (χ4v) is 8.28. The molecular weight excluding hydrogens is 930 g/mol. The molecule has 0 saturated heterocycles. The minimum Gasteiger partial charge on any atom is -0.462 e. The molecule has 0 spiro atoms. The Balaban J connectivity index is 4.09. The van der Waals surface area contributed by atoms with Gasteiger partial charge in [0.1, 0.15) is 19.8 Å². The van der Waals surface area contributed by atoms with E-state index in [1.54, 1.807) is 0 Å². The maximum Gasteiger partial charge on any atom is 0.472 e. The topological polar surface area (TPSA) is 108 Å². The van der Waals surface area contributed by atoms with Gasteiger partial charge in [0.05, 0.1) is 27.7 Å². The summed E-state index contributed by atoms with van der Waals surface area (Å²) in [4.78, 5) is 35.6. The van der Waals surface area contributed by atoms with E-state index in [2.05, 4.69) is 123 Å². The van der Waals surface area contributed by atoms with Crippen LogP contribution in [-0.2, 0) is 32.7 Å². The first-order valence-corrected chi connectivity index (χ1v) is 30.6. The van der Waals surface area contributed by atoms with Gasteiger partial charge in [-0.2, -0.15) is 0 Å². The summed E-state index contributed by atoms with van der Waals surface area (Å²) in [5.74, 6) is -0.819. The van der Waals surface area contributed by atoms with Crippen LogP contribution in [0.15, 0.2) is 109 Å². The summed E-state index contributed by atoms with van der Waals surface area (Å²) in [6.45, 7) is 4.25. The van der Waals surface area contributed by atoms with E-state index in [0.717, 1.165) is 116 Å². The number of allylic oxidation sites excluding steroid dienone is 18. The number of nitrogens with zero attached hydrogens (tertiary/aromatic N) is 1. The zero-order chi connectivity index (χ0) is 53.5. The van der Waals surface area contributed by atoms with Crippen molar-refractivity contribution in [3.05, 3.63) is 109 Å². The molecule has 2 unspecified atom stereocenters. The molecule has 9 nitrogen and oxygen atoms in total. The Bertz CT molecular complexity index is 1600. The molecule has 0 aromatic rings. The third kappa shape index (κ3) is 57.8. The quantitative estimate of drug-likeness (QED) is 0.0211.